The molecular formula is C6H14ClNO2S. The van der Waals surface area contributed by atoms with Crippen molar-refractivity contribution >= 4 is 21.6 Å². The van der Waals surface area contributed by atoms with Crippen molar-refractivity contribution in [3.8, 4) is 0 Å². The number of nitrogens with one attached hydrogen (secondary N) is 1. The fourth-order valence-corrected chi connectivity index (χ4v) is 1.36. The lowest BCUT2D eigenvalue weighted by molar-refractivity contribution is 0.582. The summed E-state index contributed by atoms with van der Waals surface area (Å²) in [6, 6.07) is 0. The van der Waals surface area contributed by atoms with E-state index in [9.17, 15) is 8.42 Å². The van der Waals surface area contributed by atoms with Crippen LogP contribution in [-0.4, -0.2) is 27.1 Å². The van der Waals surface area contributed by atoms with Gasteiger partial charge < -0.3 is 0 Å². The average molecular weight is 200 g/mol. The van der Waals surface area contributed by atoms with Crippen LogP contribution in [-0.2, 0) is 10.0 Å². The first kappa shape index (κ1) is 11.2. The number of alkyl halides is 1. The molecule has 0 radical (unpaired) electrons. The van der Waals surface area contributed by atoms with Crippen molar-refractivity contribution in [2.24, 2.45) is 0 Å². The number of hydrogen-bond donors (Lipinski definition) is 1. The Morgan fingerprint density at radius 2 is 1.91 bits per heavy atom. The van der Waals surface area contributed by atoms with Gasteiger partial charge in [0.15, 0.2) is 0 Å². The molecule has 0 amide bonds. The van der Waals surface area contributed by atoms with Gasteiger partial charge in [0.05, 0.1) is 6.26 Å². The normalized spacial score (nSPS) is 11.8. The number of hydrogen-bond acceptors (Lipinski definition) is 2. The summed E-state index contributed by atoms with van der Waals surface area (Å²) in [4.78, 5) is 0. The van der Waals surface area contributed by atoms with Crippen LogP contribution in [0.15, 0.2) is 0 Å². The van der Waals surface area contributed by atoms with Gasteiger partial charge >= 0.3 is 0 Å². The maximum Gasteiger partial charge on any atom is 0.208 e. The van der Waals surface area contributed by atoms with Gasteiger partial charge in [-0.25, -0.2) is 13.1 Å². The van der Waals surface area contributed by atoms with Crippen LogP contribution >= 0.6 is 11.6 Å². The van der Waals surface area contributed by atoms with Gasteiger partial charge in [0.1, 0.15) is 0 Å². The van der Waals surface area contributed by atoms with Crippen LogP contribution in [0.3, 0.4) is 0 Å². The molecule has 0 bridgehead atoms. The summed E-state index contributed by atoms with van der Waals surface area (Å²) in [7, 11) is -2.99. The molecule has 0 aliphatic carbocycles. The minimum Gasteiger partial charge on any atom is -0.215 e. The van der Waals surface area contributed by atoms with Crippen LogP contribution in [0.25, 0.3) is 0 Å². The van der Waals surface area contributed by atoms with Crippen molar-refractivity contribution < 1.29 is 8.42 Å². The zero-order valence-electron chi connectivity index (χ0n) is 6.64. The van der Waals surface area contributed by atoms with Crippen molar-refractivity contribution in [2.45, 2.75) is 19.3 Å². The van der Waals surface area contributed by atoms with E-state index in [0.717, 1.165) is 25.5 Å². The van der Waals surface area contributed by atoms with Gasteiger partial charge in [0.25, 0.3) is 0 Å². The smallest absolute Gasteiger partial charge is 0.208 e. The van der Waals surface area contributed by atoms with E-state index < -0.39 is 10.0 Å². The third-order valence-corrected chi connectivity index (χ3v) is 2.17. The molecule has 0 spiro atoms. The number of halogens is 1. The number of rotatable bonds is 6. The van der Waals surface area contributed by atoms with E-state index >= 15 is 0 Å². The summed E-state index contributed by atoms with van der Waals surface area (Å²) in [5.74, 6) is 0.652. The third kappa shape index (κ3) is 10.2. The molecule has 5 heteroatoms. The van der Waals surface area contributed by atoms with Gasteiger partial charge in [0, 0.05) is 12.4 Å². The Kier molecular flexibility index (Phi) is 5.91. The summed E-state index contributed by atoms with van der Waals surface area (Å²) in [6.07, 6.45) is 3.95. The Morgan fingerprint density at radius 3 is 2.36 bits per heavy atom. The average Bonchev–Trinajstić information content (AvgIpc) is 1.85. The number of unbranched alkanes of at least 4 members (excludes halogenated alkanes) is 2. The summed E-state index contributed by atoms with van der Waals surface area (Å²) >= 11 is 5.43. The maximum absolute atomic E-state index is 10.5. The summed E-state index contributed by atoms with van der Waals surface area (Å²) in [5.41, 5.74) is 0. The van der Waals surface area contributed by atoms with Gasteiger partial charge in [-0.05, 0) is 12.8 Å². The van der Waals surface area contributed by atoms with Gasteiger partial charge in [0.2, 0.25) is 10.0 Å². The zero-order valence-corrected chi connectivity index (χ0v) is 8.21. The van der Waals surface area contributed by atoms with E-state index in [1.54, 1.807) is 0 Å². The Labute approximate surface area is 73.2 Å². The summed E-state index contributed by atoms with van der Waals surface area (Å²) < 4.78 is 23.5. The van der Waals surface area contributed by atoms with Gasteiger partial charge in [-0.3, -0.25) is 0 Å². The second kappa shape index (κ2) is 5.80. The van der Waals surface area contributed by atoms with E-state index in [1.165, 1.54) is 0 Å². The van der Waals surface area contributed by atoms with Crippen molar-refractivity contribution in [2.75, 3.05) is 18.7 Å². The van der Waals surface area contributed by atoms with Crippen LogP contribution in [0.5, 0.6) is 0 Å². The molecule has 0 aliphatic rings. The Morgan fingerprint density at radius 1 is 1.27 bits per heavy atom. The fraction of sp³-hybridized carbons (Fsp3) is 1.00. The Hall–Kier alpha value is 0.200. The summed E-state index contributed by atoms with van der Waals surface area (Å²) in [5, 5.41) is 0. The van der Waals surface area contributed by atoms with E-state index in [1.807, 2.05) is 0 Å². The Balaban J connectivity index is 3.16. The van der Waals surface area contributed by atoms with Crippen LogP contribution in [0, 0.1) is 0 Å². The predicted octanol–water partition coefficient (Wildman–Crippen LogP) is 0.945. The molecule has 0 unspecified atom stereocenters. The minimum atomic E-state index is -2.99. The van der Waals surface area contributed by atoms with Crippen molar-refractivity contribution in [3.63, 3.8) is 0 Å². The molecule has 3 nitrogen and oxygen atoms in total. The lowest BCUT2D eigenvalue weighted by atomic mass is 10.2. The van der Waals surface area contributed by atoms with Crippen LogP contribution in [0.4, 0.5) is 0 Å². The van der Waals surface area contributed by atoms with Crippen LogP contribution in [0.1, 0.15) is 19.3 Å². The van der Waals surface area contributed by atoms with Crippen molar-refractivity contribution in [1.82, 2.24) is 4.72 Å². The minimum absolute atomic E-state index is 0.524. The standard InChI is InChI=1S/C6H14ClNO2S/c1-11(9,10)8-6-4-2-3-5-7/h8H,2-6H2,1H3. The third-order valence-electron chi connectivity index (χ3n) is 1.17. The van der Waals surface area contributed by atoms with E-state index in [4.69, 9.17) is 11.6 Å². The molecule has 0 saturated carbocycles. The predicted molar refractivity (Wildman–Crippen MR) is 47.4 cm³/mol. The lowest BCUT2D eigenvalue weighted by Crippen LogP contribution is -2.22. The molecule has 68 valence electrons. The molecule has 0 aromatic heterocycles. The highest BCUT2D eigenvalue weighted by Crippen LogP contribution is 1.95. The molecule has 0 rings (SSSR count). The monoisotopic (exact) mass is 199 g/mol. The maximum atomic E-state index is 10.5. The highest BCUT2D eigenvalue weighted by molar-refractivity contribution is 7.88. The zero-order chi connectivity index (χ0) is 8.74. The number of sulfonamides is 1. The fourth-order valence-electron chi connectivity index (χ4n) is 0.654. The van der Waals surface area contributed by atoms with E-state index in [2.05, 4.69) is 4.72 Å². The highest BCUT2D eigenvalue weighted by atomic mass is 35.5. The highest BCUT2D eigenvalue weighted by Gasteiger charge is 1.97. The van der Waals surface area contributed by atoms with Crippen LogP contribution < -0.4 is 4.72 Å². The first-order chi connectivity index (χ1) is 5.06. The quantitative estimate of drug-likeness (QED) is 0.512. The molecule has 0 heterocycles. The van der Waals surface area contributed by atoms with E-state index in [0.29, 0.717) is 12.4 Å². The second-order valence-corrected chi connectivity index (χ2v) is 4.63. The molecular weight excluding hydrogens is 186 g/mol. The van der Waals surface area contributed by atoms with Crippen molar-refractivity contribution in [3.05, 3.63) is 0 Å². The first-order valence-corrected chi connectivity index (χ1v) is 5.99. The molecule has 11 heavy (non-hydrogen) atoms. The largest absolute Gasteiger partial charge is 0.215 e. The van der Waals surface area contributed by atoms with Crippen molar-refractivity contribution in [1.29, 1.82) is 0 Å². The molecule has 0 aromatic rings. The SMILES string of the molecule is CS(=O)(=O)NCCCCCCl. The molecule has 0 saturated heterocycles. The molecule has 0 aromatic carbocycles. The molecule has 0 aliphatic heterocycles. The molecule has 1 N–H and O–H groups in total. The van der Waals surface area contributed by atoms with Gasteiger partial charge in [-0.1, -0.05) is 6.42 Å². The van der Waals surface area contributed by atoms with Crippen LogP contribution in [0.2, 0.25) is 0 Å². The second-order valence-electron chi connectivity index (χ2n) is 2.42. The lowest BCUT2D eigenvalue weighted by Gasteiger charge is -1.99. The molecule has 0 fully saturated rings. The van der Waals surface area contributed by atoms with Gasteiger partial charge in [-0.2, -0.15) is 0 Å². The summed E-state index contributed by atoms with van der Waals surface area (Å²) in [6.45, 7) is 0.524. The molecule has 0 atom stereocenters. The topological polar surface area (TPSA) is 46.2 Å². The van der Waals surface area contributed by atoms with Gasteiger partial charge in [-0.15, -0.1) is 11.6 Å². The van der Waals surface area contributed by atoms with E-state index in [-0.39, 0.29) is 0 Å². The Bertz CT molecular complexity index is 179. The first-order valence-electron chi connectivity index (χ1n) is 3.57.